The summed E-state index contributed by atoms with van der Waals surface area (Å²) >= 11 is 3.56. The van der Waals surface area contributed by atoms with E-state index in [1.54, 1.807) is 6.20 Å². The van der Waals surface area contributed by atoms with Crippen LogP contribution in [-0.4, -0.2) is 28.5 Å². The van der Waals surface area contributed by atoms with Gasteiger partial charge in [-0.05, 0) is 97.4 Å². The van der Waals surface area contributed by atoms with E-state index in [4.69, 9.17) is 4.43 Å². The lowest BCUT2D eigenvalue weighted by atomic mass is 9.87. The number of imidazole rings is 1. The lowest BCUT2D eigenvalue weighted by Crippen LogP contribution is -2.44. The van der Waals surface area contributed by atoms with Crippen molar-refractivity contribution in [3.05, 3.63) is 33.3 Å². The summed E-state index contributed by atoms with van der Waals surface area (Å²) in [6.45, 7) is 12.4. The number of allylic oxidation sites excluding steroid dienone is 2. The molecular formula is C25H38BrN3O2Si. The molecule has 0 radical (unpaired) electrons. The van der Waals surface area contributed by atoms with E-state index in [1.807, 2.05) is 9.13 Å². The number of nitrogens with zero attached hydrogens (tertiary/aromatic N) is 3. The maximum Gasteiger partial charge on any atom is 0.334 e. The lowest BCUT2D eigenvalue weighted by Gasteiger charge is -2.41. The average molecular weight is 521 g/mol. The van der Waals surface area contributed by atoms with E-state index in [0.717, 1.165) is 72.8 Å². The number of rotatable bonds is 5. The Morgan fingerprint density at radius 1 is 1.19 bits per heavy atom. The Balaban J connectivity index is 1.53. The van der Waals surface area contributed by atoms with Gasteiger partial charge >= 0.3 is 5.69 Å². The minimum Gasteiger partial charge on any atom is -0.414 e. The Kier molecular flexibility index (Phi) is 6.90. The van der Waals surface area contributed by atoms with Gasteiger partial charge in [0, 0.05) is 29.0 Å². The van der Waals surface area contributed by atoms with Crippen molar-refractivity contribution >= 4 is 41.1 Å². The maximum atomic E-state index is 13.5. The largest absolute Gasteiger partial charge is 0.414 e. The maximum absolute atomic E-state index is 13.5. The molecule has 0 unspecified atom stereocenters. The molecule has 2 aliphatic rings. The first kappa shape index (κ1) is 24.0. The molecule has 0 spiro atoms. The molecule has 7 heteroatoms. The van der Waals surface area contributed by atoms with Crippen molar-refractivity contribution in [2.75, 3.05) is 0 Å². The zero-order chi connectivity index (χ0) is 23.1. The molecule has 0 aromatic carbocycles. The second kappa shape index (κ2) is 9.22. The number of aromatic nitrogens is 3. The van der Waals surface area contributed by atoms with E-state index in [0.29, 0.717) is 12.0 Å². The van der Waals surface area contributed by atoms with E-state index in [1.165, 1.54) is 6.42 Å². The second-order valence-corrected chi connectivity index (χ2v) is 16.9. The molecule has 0 atom stereocenters. The fraction of sp³-hybridized carbons (Fsp3) is 0.680. The van der Waals surface area contributed by atoms with Gasteiger partial charge in [0.1, 0.15) is 0 Å². The molecule has 1 saturated carbocycles. The van der Waals surface area contributed by atoms with Crippen LogP contribution in [0.3, 0.4) is 0 Å². The van der Waals surface area contributed by atoms with Crippen LogP contribution in [-0.2, 0) is 11.0 Å². The van der Waals surface area contributed by atoms with Gasteiger partial charge in [0.2, 0.25) is 0 Å². The third-order valence-corrected chi connectivity index (χ3v) is 12.8. The summed E-state index contributed by atoms with van der Waals surface area (Å²) in [6, 6.07) is 2.05. The van der Waals surface area contributed by atoms with Gasteiger partial charge in [0.05, 0.1) is 5.52 Å². The van der Waals surface area contributed by atoms with E-state index in [2.05, 4.69) is 66.9 Å². The van der Waals surface area contributed by atoms with Gasteiger partial charge in [0.25, 0.3) is 0 Å². The van der Waals surface area contributed by atoms with E-state index >= 15 is 0 Å². The third kappa shape index (κ3) is 4.85. The van der Waals surface area contributed by atoms with Crippen molar-refractivity contribution in [3.8, 4) is 0 Å². The average Bonchev–Trinajstić information content (AvgIpc) is 3.00. The molecule has 2 aromatic heterocycles. The monoisotopic (exact) mass is 519 g/mol. The molecule has 2 aromatic rings. The van der Waals surface area contributed by atoms with Gasteiger partial charge in [-0.2, -0.15) is 0 Å². The van der Waals surface area contributed by atoms with Gasteiger partial charge in [-0.15, -0.1) is 0 Å². The molecule has 0 saturated heterocycles. The van der Waals surface area contributed by atoms with Crippen LogP contribution >= 0.6 is 15.9 Å². The second-order valence-electron chi connectivity index (χ2n) is 11.2. The summed E-state index contributed by atoms with van der Waals surface area (Å²) in [4.78, 5) is 18.2. The molecule has 0 amide bonds. The van der Waals surface area contributed by atoms with Gasteiger partial charge in [-0.3, -0.25) is 4.57 Å². The normalized spacial score (nSPS) is 22.9. The van der Waals surface area contributed by atoms with E-state index in [9.17, 15) is 4.79 Å². The third-order valence-electron chi connectivity index (χ3n) is 7.79. The molecule has 0 N–H and O–H groups in total. The molecule has 1 fully saturated rings. The Bertz CT molecular complexity index is 1060. The van der Waals surface area contributed by atoms with Crippen LogP contribution < -0.4 is 5.69 Å². The summed E-state index contributed by atoms with van der Waals surface area (Å²) in [5, 5.41) is 0.243. The van der Waals surface area contributed by atoms with Crippen molar-refractivity contribution in [1.82, 2.24) is 14.1 Å². The fourth-order valence-electron chi connectivity index (χ4n) is 4.85. The number of hydrogen-bond donors (Lipinski definition) is 0. The standard InChI is InChI=1S/C25H38BrN3O2Si/c1-25(2,3)32(4,5)31-21-13-11-18(12-14-21)17-28-22-15-19(26)16-27-23(22)29(24(28)30)20-9-7-6-8-10-20/h9,15-16,18,21H,6-8,10-14,17H2,1-5H3. The SMILES string of the molecule is CC(C)(C)[Si](C)(C)OC1CCC(Cn2c(=O)n(C3=CCCCC3)c3ncc(Br)cc32)CC1. The highest BCUT2D eigenvalue weighted by Crippen LogP contribution is 2.40. The number of pyridine rings is 1. The van der Waals surface area contributed by atoms with E-state index in [-0.39, 0.29) is 10.7 Å². The van der Waals surface area contributed by atoms with Gasteiger partial charge in [-0.1, -0.05) is 26.8 Å². The molecule has 32 heavy (non-hydrogen) atoms. The van der Waals surface area contributed by atoms with E-state index < -0.39 is 8.32 Å². The smallest absolute Gasteiger partial charge is 0.334 e. The predicted octanol–water partition coefficient (Wildman–Crippen LogP) is 6.96. The Morgan fingerprint density at radius 2 is 1.91 bits per heavy atom. The fourth-order valence-corrected chi connectivity index (χ4v) is 6.59. The first-order valence-electron chi connectivity index (χ1n) is 12.2. The molecular weight excluding hydrogens is 482 g/mol. The molecule has 4 rings (SSSR count). The van der Waals surface area contributed by atoms with Crippen molar-refractivity contribution in [2.24, 2.45) is 5.92 Å². The predicted molar refractivity (Wildman–Crippen MR) is 138 cm³/mol. The van der Waals surface area contributed by atoms with Crippen molar-refractivity contribution in [3.63, 3.8) is 0 Å². The summed E-state index contributed by atoms with van der Waals surface area (Å²) in [5.41, 5.74) is 2.92. The Hall–Kier alpha value is -1.18. The first-order valence-corrected chi connectivity index (χ1v) is 15.9. The Morgan fingerprint density at radius 3 is 2.53 bits per heavy atom. The van der Waals surface area contributed by atoms with Crippen LogP contribution in [0.15, 0.2) is 27.6 Å². The summed E-state index contributed by atoms with van der Waals surface area (Å²) in [6.07, 6.45) is 13.1. The van der Waals surface area contributed by atoms with Crippen LogP contribution in [0.25, 0.3) is 16.9 Å². The zero-order valence-electron chi connectivity index (χ0n) is 20.3. The quantitative estimate of drug-likeness (QED) is 0.401. The molecule has 5 nitrogen and oxygen atoms in total. The number of halogens is 1. The van der Waals surface area contributed by atoms with Crippen LogP contribution in [0, 0.1) is 5.92 Å². The summed E-state index contributed by atoms with van der Waals surface area (Å²) < 4.78 is 11.4. The number of hydrogen-bond acceptors (Lipinski definition) is 3. The van der Waals surface area contributed by atoms with Crippen molar-refractivity contribution in [2.45, 2.75) is 103 Å². The molecule has 176 valence electrons. The van der Waals surface area contributed by atoms with Gasteiger partial charge < -0.3 is 4.43 Å². The number of fused-ring (bicyclic) bond motifs is 1. The molecule has 2 heterocycles. The minimum absolute atomic E-state index is 0.0680. The molecule has 0 bridgehead atoms. The highest BCUT2D eigenvalue weighted by atomic mass is 79.9. The van der Waals surface area contributed by atoms with Crippen molar-refractivity contribution < 1.29 is 4.43 Å². The van der Waals surface area contributed by atoms with Crippen LogP contribution in [0.4, 0.5) is 0 Å². The lowest BCUT2D eigenvalue weighted by molar-refractivity contribution is 0.112. The molecule has 0 aliphatic heterocycles. The van der Waals surface area contributed by atoms with Crippen LogP contribution in [0.5, 0.6) is 0 Å². The topological polar surface area (TPSA) is 49.0 Å². The Labute approximate surface area is 201 Å². The first-order chi connectivity index (χ1) is 15.1. The van der Waals surface area contributed by atoms with Gasteiger partial charge in [0.15, 0.2) is 14.0 Å². The zero-order valence-corrected chi connectivity index (χ0v) is 22.9. The van der Waals surface area contributed by atoms with Crippen LogP contribution in [0.2, 0.25) is 18.1 Å². The highest BCUT2D eigenvalue weighted by molar-refractivity contribution is 9.10. The van der Waals surface area contributed by atoms with Gasteiger partial charge in [-0.25, -0.2) is 14.3 Å². The van der Waals surface area contributed by atoms with Crippen molar-refractivity contribution in [1.29, 1.82) is 0 Å². The summed E-state index contributed by atoms with van der Waals surface area (Å²) in [7, 11) is -1.73. The van der Waals surface area contributed by atoms with Crippen LogP contribution in [0.1, 0.15) is 72.1 Å². The minimum atomic E-state index is -1.73. The summed E-state index contributed by atoms with van der Waals surface area (Å²) in [5.74, 6) is 0.505. The highest BCUT2D eigenvalue weighted by Gasteiger charge is 2.40. The molecule has 2 aliphatic carbocycles.